The molecule has 0 saturated carbocycles. The van der Waals surface area contributed by atoms with Gasteiger partial charge in [-0.05, 0) is 0 Å². The van der Waals surface area contributed by atoms with Gasteiger partial charge in [0, 0.05) is 0 Å². The van der Waals surface area contributed by atoms with E-state index in [1.807, 2.05) is 24.3 Å². The minimum absolute atomic E-state index is 0.413. The average molecular weight is 415 g/mol. The van der Waals surface area contributed by atoms with E-state index < -0.39 is 7.72 Å². The number of benzene rings is 2. The predicted molar refractivity (Wildman–Crippen MR) is 89.6 cm³/mol. The van der Waals surface area contributed by atoms with Gasteiger partial charge in [0.25, 0.3) is 0 Å². The molecule has 10 heterocycles. The fourth-order valence-electron chi connectivity index (χ4n) is 19.6. The van der Waals surface area contributed by atoms with Gasteiger partial charge < -0.3 is 0 Å². The number of aromatic hydroxyl groups is 2. The fraction of sp³-hybridized carbons (Fsp3) is 0.455. The summed E-state index contributed by atoms with van der Waals surface area (Å²) in [6.45, 7) is 0. The number of hydrogen-bond acceptors (Lipinski definition) is 2. The summed E-state index contributed by atoms with van der Waals surface area (Å²) in [5.41, 5.74) is 3.27. The molecule has 10 fully saturated rings. The summed E-state index contributed by atoms with van der Waals surface area (Å²) in [4.78, 5) is 0. The Kier molecular flexibility index (Phi) is 0.433. The summed E-state index contributed by atoms with van der Waals surface area (Å²) < 4.78 is 11.0. The van der Waals surface area contributed by atoms with E-state index in [0.29, 0.717) is 19.5 Å². The first-order valence-corrected chi connectivity index (χ1v) is 19.5. The van der Waals surface area contributed by atoms with Crippen LogP contribution >= 0.6 is 0 Å². The first-order chi connectivity index (χ1) is 11.9. The van der Waals surface area contributed by atoms with Crippen LogP contribution in [0.1, 0.15) is 11.1 Å². The number of phenols is 2. The molecule has 0 aliphatic carbocycles. The van der Waals surface area contributed by atoms with Crippen LogP contribution in [0.3, 0.4) is 0 Å². The van der Waals surface area contributed by atoms with Gasteiger partial charge in [0.05, 0.1) is 0 Å². The standard InChI is InChI=1S/C17H13O2.C5H5.Ru/c18-14-8-4-12(5-9-14)16-2-1-3-17(16)13-6-10-15(19)11-7-13;1-2-4-5-3-1;/h1-11,18-19H;1-5H;. The Labute approximate surface area is 133 Å². The van der Waals surface area contributed by atoms with Gasteiger partial charge in [-0.25, -0.2) is 0 Å². The molecule has 2 nitrogen and oxygen atoms in total. The summed E-state index contributed by atoms with van der Waals surface area (Å²) in [6.07, 6.45) is 0. The second-order valence-electron chi connectivity index (χ2n) is 12.8. The van der Waals surface area contributed by atoms with E-state index in [9.17, 15) is 10.2 Å². The van der Waals surface area contributed by atoms with Crippen LogP contribution in [0.15, 0.2) is 48.5 Å². The van der Waals surface area contributed by atoms with Crippen LogP contribution in [0.5, 0.6) is 11.5 Å². The van der Waals surface area contributed by atoms with Crippen molar-refractivity contribution in [3.63, 3.8) is 0 Å². The van der Waals surface area contributed by atoms with Crippen LogP contribution in [0, 0.1) is 0 Å². The van der Waals surface area contributed by atoms with Crippen LogP contribution in [0.25, 0.3) is 0 Å². The Balaban J connectivity index is 1.37. The molecule has 3 heteroatoms. The van der Waals surface area contributed by atoms with E-state index in [-0.39, 0.29) is 0 Å². The second-order valence-corrected chi connectivity index (χ2v) is 49.4. The van der Waals surface area contributed by atoms with Crippen molar-refractivity contribution in [1.29, 1.82) is 0 Å². The van der Waals surface area contributed by atoms with Crippen molar-refractivity contribution in [2.24, 2.45) is 0 Å². The SMILES string of the molecule is Oc1ccc([C]23[CH]4[CH]5[CH]6[C]2(c2ccc(O)cc2)[Ru]54632789[CH]3[CH]2[CH]7[CH]8[CH]39)cc1. The van der Waals surface area contributed by atoms with E-state index in [4.69, 9.17) is 0 Å². The number of hydrogen-bond donors (Lipinski definition) is 2. The molecule has 10 aliphatic heterocycles. The molecular weight excluding hydrogens is 397 g/mol. The molecule has 2 aromatic carbocycles. The third-order valence-electron chi connectivity index (χ3n) is 17.4. The van der Waals surface area contributed by atoms with Gasteiger partial charge in [-0.2, -0.15) is 0 Å². The average Bonchev–Trinajstić information content (AvgIpc) is 3.56. The molecule has 126 valence electrons. The Morgan fingerprint density at radius 3 is 1.20 bits per heavy atom. The first-order valence-electron chi connectivity index (χ1n) is 9.74. The molecule has 4 unspecified atom stereocenters. The molecule has 12 rings (SSSR count). The molecule has 10 aliphatic rings. The van der Waals surface area contributed by atoms with Gasteiger partial charge in [0.2, 0.25) is 0 Å². The quantitative estimate of drug-likeness (QED) is 0.678. The second kappa shape index (κ2) is 1.07. The molecule has 0 bridgehead atoms. The Hall–Kier alpha value is -1.34. The van der Waals surface area contributed by atoms with Gasteiger partial charge in [0.15, 0.2) is 0 Å². The Morgan fingerprint density at radius 2 is 0.920 bits per heavy atom. The summed E-state index contributed by atoms with van der Waals surface area (Å²) in [5.74, 6) is 0.826. The summed E-state index contributed by atoms with van der Waals surface area (Å²) in [6, 6.07) is 17.0. The Bertz CT molecular complexity index is 1420. The van der Waals surface area contributed by atoms with Crippen molar-refractivity contribution < 1.29 is 17.9 Å². The molecule has 10 saturated heterocycles. The van der Waals surface area contributed by atoms with Crippen LogP contribution in [-0.4, -0.2) is 10.2 Å². The first kappa shape index (κ1) is 10.1. The van der Waals surface area contributed by atoms with Crippen molar-refractivity contribution in [2.75, 3.05) is 0 Å². The zero-order chi connectivity index (χ0) is 15.9. The van der Waals surface area contributed by atoms with Crippen LogP contribution in [0.4, 0.5) is 0 Å². The maximum atomic E-state index is 9.88. The molecule has 2 N–H and O–H groups in total. The summed E-state index contributed by atoms with van der Waals surface area (Å²) >= 11 is 0. The Morgan fingerprint density at radius 1 is 0.560 bits per heavy atom. The maximum absolute atomic E-state index is 9.88. The van der Waals surface area contributed by atoms with Crippen molar-refractivity contribution in [2.45, 2.75) is 44.1 Å². The van der Waals surface area contributed by atoms with Gasteiger partial charge in [-0.15, -0.1) is 0 Å². The van der Waals surface area contributed by atoms with Crippen molar-refractivity contribution in [3.8, 4) is 11.5 Å². The molecule has 0 radical (unpaired) electrons. The zero-order valence-electron chi connectivity index (χ0n) is 13.5. The van der Waals surface area contributed by atoms with Crippen molar-refractivity contribution in [1.82, 2.24) is 0 Å². The molecule has 0 aromatic heterocycles. The number of rotatable bonds is 2. The molecule has 4 atom stereocenters. The monoisotopic (exact) mass is 416 g/mol. The van der Waals surface area contributed by atoms with Crippen LogP contribution < -0.4 is 0 Å². The molecular formula is C22H18O2Ru. The van der Waals surface area contributed by atoms with Gasteiger partial charge in [-0.1, -0.05) is 0 Å². The van der Waals surface area contributed by atoms with Crippen molar-refractivity contribution >= 4 is 0 Å². The summed E-state index contributed by atoms with van der Waals surface area (Å²) in [7, 11) is -3.86. The van der Waals surface area contributed by atoms with E-state index in [2.05, 4.69) is 24.3 Å². The van der Waals surface area contributed by atoms with Gasteiger partial charge >= 0.3 is 133 Å². The van der Waals surface area contributed by atoms with Gasteiger partial charge in [-0.3, -0.25) is 0 Å². The molecule has 0 amide bonds. The number of phenolic OH excluding ortho intramolecular Hbond substituents is 2. The predicted octanol–water partition coefficient (Wildman–Crippen LogP) is 5.00. The van der Waals surface area contributed by atoms with Crippen molar-refractivity contribution in [3.05, 3.63) is 59.7 Å². The third kappa shape index (κ3) is 0.146. The number of fused-ring (bicyclic) bond motifs is 10. The van der Waals surface area contributed by atoms with Crippen LogP contribution in [0.2, 0.25) is 36.1 Å². The third-order valence-corrected chi connectivity index (χ3v) is 84.8. The van der Waals surface area contributed by atoms with Gasteiger partial charge in [0.1, 0.15) is 0 Å². The van der Waals surface area contributed by atoms with E-state index >= 15 is 0 Å². The van der Waals surface area contributed by atoms with Crippen LogP contribution in [-0.2, 0) is 15.7 Å². The topological polar surface area (TPSA) is 40.5 Å². The summed E-state index contributed by atoms with van der Waals surface area (Å²) in [5, 5.41) is 19.8. The zero-order valence-corrected chi connectivity index (χ0v) is 15.2. The van der Waals surface area contributed by atoms with E-state index in [1.54, 1.807) is 11.1 Å². The van der Waals surface area contributed by atoms with E-state index in [1.165, 1.54) is 36.1 Å². The molecule has 2 aromatic rings. The fourth-order valence-corrected chi connectivity index (χ4v) is 155. The normalized spacial score (nSPS) is 87.5. The molecule has 25 heavy (non-hydrogen) atoms. The molecule has 1 spiro atoms. The minimum atomic E-state index is -3.86. The van der Waals surface area contributed by atoms with E-state index in [0.717, 1.165) is 0 Å².